The Labute approximate surface area is 176 Å². The molecule has 0 N–H and O–H groups in total. The van der Waals surface area contributed by atoms with Crippen LogP contribution in [0.5, 0.6) is 0 Å². The smallest absolute Gasteiger partial charge is 0.311 e. The van der Waals surface area contributed by atoms with Crippen LogP contribution in [0.15, 0.2) is 0 Å². The highest BCUT2D eigenvalue weighted by atomic mass is 127. The number of hydrogen-bond donors (Lipinski definition) is 0. The highest BCUT2D eigenvalue weighted by molar-refractivity contribution is 5.69. The molecule has 0 bridgehead atoms. The van der Waals surface area contributed by atoms with Gasteiger partial charge in [-0.05, 0) is 38.5 Å². The molecule has 2 aliphatic rings. The topological polar surface area (TPSA) is 26.3 Å². The summed E-state index contributed by atoms with van der Waals surface area (Å²) in [5.41, 5.74) is 0. The molecule has 2 heterocycles. The van der Waals surface area contributed by atoms with Gasteiger partial charge >= 0.3 is 5.97 Å². The van der Waals surface area contributed by atoms with Crippen molar-refractivity contribution in [1.29, 1.82) is 0 Å². The van der Waals surface area contributed by atoms with Crippen molar-refractivity contribution >= 4 is 5.97 Å². The minimum absolute atomic E-state index is 0. The minimum atomic E-state index is 0. The Hall–Kier alpha value is 0.850. The lowest BCUT2D eigenvalue weighted by Gasteiger charge is -2.38. The number of nitrogens with zero attached hydrogens (tertiary/aromatic N) is 2. The lowest BCUT2D eigenvalue weighted by atomic mass is 10.1. The highest BCUT2D eigenvalue weighted by Gasteiger charge is 2.27. The van der Waals surface area contributed by atoms with Crippen molar-refractivity contribution in [3.05, 3.63) is 0 Å². The third-order valence-corrected chi connectivity index (χ3v) is 5.54. The van der Waals surface area contributed by atoms with Crippen molar-refractivity contribution in [3.8, 4) is 0 Å². The molecule has 0 spiro atoms. The van der Waals surface area contributed by atoms with Gasteiger partial charge in [-0.2, -0.15) is 0 Å². The molecular weight excluding hydrogens is 518 g/mol. The van der Waals surface area contributed by atoms with Gasteiger partial charge in [0, 0.05) is 0 Å². The summed E-state index contributed by atoms with van der Waals surface area (Å²) < 4.78 is 7.62. The molecule has 6 heteroatoms. The second kappa shape index (κ2) is 11.5. The molecule has 2 rings (SSSR count). The molecule has 0 aromatic rings. The number of likely N-dealkylation sites (N-methyl/N-ethyl adjacent to an activating group) is 1. The molecule has 0 amide bonds. The summed E-state index contributed by atoms with van der Waals surface area (Å²) in [7, 11) is 4.58. The van der Waals surface area contributed by atoms with Gasteiger partial charge in [0.05, 0.1) is 53.2 Å². The maximum atomic E-state index is 11.9. The molecule has 4 nitrogen and oxygen atoms in total. The molecule has 0 aliphatic carbocycles. The molecule has 0 atom stereocenters. The molecule has 2 aliphatic heterocycles. The van der Waals surface area contributed by atoms with Gasteiger partial charge in [0.1, 0.15) is 13.2 Å². The average Bonchev–Trinajstić information content (AvgIpc) is 2.47. The van der Waals surface area contributed by atoms with Crippen LogP contribution in [0.1, 0.15) is 44.9 Å². The number of esters is 1. The Morgan fingerprint density at radius 3 is 1.70 bits per heavy atom. The summed E-state index contributed by atoms with van der Waals surface area (Å²) in [6.45, 7) is 7.46. The van der Waals surface area contributed by atoms with Crippen molar-refractivity contribution in [2.45, 2.75) is 44.9 Å². The molecule has 0 radical (unpaired) electrons. The fourth-order valence-corrected chi connectivity index (χ4v) is 3.81. The highest BCUT2D eigenvalue weighted by Crippen LogP contribution is 2.17. The van der Waals surface area contributed by atoms with Crippen molar-refractivity contribution in [1.82, 2.24) is 0 Å². The molecule has 23 heavy (non-hydrogen) atoms. The molecule has 0 aromatic heterocycles. The Bertz CT molecular complexity index is 341. The second-order valence-electron chi connectivity index (χ2n) is 7.67. The van der Waals surface area contributed by atoms with E-state index in [1.165, 1.54) is 64.7 Å². The van der Waals surface area contributed by atoms with Gasteiger partial charge in [-0.3, -0.25) is 4.79 Å². The maximum Gasteiger partial charge on any atom is 0.311 e. The van der Waals surface area contributed by atoms with Crippen LogP contribution < -0.4 is 48.0 Å². The van der Waals surface area contributed by atoms with Crippen LogP contribution in [-0.2, 0) is 9.53 Å². The first-order chi connectivity index (χ1) is 10.0. The summed E-state index contributed by atoms with van der Waals surface area (Å²) >= 11 is 0. The number of halogens is 2. The van der Waals surface area contributed by atoms with Crippen LogP contribution in [-0.4, -0.2) is 74.9 Å². The summed E-state index contributed by atoms with van der Waals surface area (Å²) in [6, 6.07) is 0. The van der Waals surface area contributed by atoms with Crippen LogP contribution in [0.25, 0.3) is 0 Å². The van der Waals surface area contributed by atoms with Crippen molar-refractivity contribution in [3.63, 3.8) is 0 Å². The van der Waals surface area contributed by atoms with Crippen molar-refractivity contribution in [2.24, 2.45) is 0 Å². The van der Waals surface area contributed by atoms with Gasteiger partial charge in [0.25, 0.3) is 0 Å². The Kier molecular flexibility index (Phi) is 11.9. The predicted molar refractivity (Wildman–Crippen MR) is 84.8 cm³/mol. The number of piperidine rings is 2. The van der Waals surface area contributed by atoms with E-state index in [2.05, 4.69) is 14.1 Å². The summed E-state index contributed by atoms with van der Waals surface area (Å²) in [4.78, 5) is 11.9. The third kappa shape index (κ3) is 8.67. The molecular formula is C17H34I2N2O2. The zero-order valence-corrected chi connectivity index (χ0v) is 19.2. The normalized spacial score (nSPS) is 22.3. The summed E-state index contributed by atoms with van der Waals surface area (Å²) in [6.07, 6.45) is 8.56. The maximum absolute atomic E-state index is 11.9. The van der Waals surface area contributed by atoms with Crippen LogP contribution in [0.3, 0.4) is 0 Å². The van der Waals surface area contributed by atoms with Gasteiger partial charge in [-0.15, -0.1) is 0 Å². The summed E-state index contributed by atoms with van der Waals surface area (Å²) in [5, 5.41) is 0. The van der Waals surface area contributed by atoms with E-state index in [1.54, 1.807) is 0 Å². The Balaban J connectivity index is 0.00000242. The van der Waals surface area contributed by atoms with E-state index in [1.807, 2.05) is 0 Å². The largest absolute Gasteiger partial charge is 1.00 e. The van der Waals surface area contributed by atoms with E-state index in [0.717, 1.165) is 22.1 Å². The van der Waals surface area contributed by atoms with Crippen LogP contribution >= 0.6 is 0 Å². The molecule has 2 saturated heterocycles. The number of rotatable bonds is 6. The van der Waals surface area contributed by atoms with Crippen LogP contribution in [0.4, 0.5) is 0 Å². The lowest BCUT2D eigenvalue weighted by Crippen LogP contribution is -3.00. The zero-order chi connectivity index (χ0) is 15.2. The molecule has 0 saturated carbocycles. The van der Waals surface area contributed by atoms with E-state index in [-0.39, 0.29) is 53.9 Å². The van der Waals surface area contributed by atoms with Crippen molar-refractivity contribution in [2.75, 3.05) is 60.0 Å². The molecule has 0 unspecified atom stereocenters. The first-order valence-corrected chi connectivity index (χ1v) is 8.84. The van der Waals surface area contributed by atoms with E-state index >= 15 is 0 Å². The van der Waals surface area contributed by atoms with E-state index < -0.39 is 0 Å². The van der Waals surface area contributed by atoms with E-state index in [0.29, 0.717) is 13.0 Å². The second-order valence-corrected chi connectivity index (χ2v) is 7.67. The van der Waals surface area contributed by atoms with E-state index in [9.17, 15) is 4.79 Å². The van der Waals surface area contributed by atoms with Gasteiger partial charge in [0.2, 0.25) is 0 Å². The standard InChI is InChI=1S/C17H34N2O2.2HI/c1-18(10-5-3-6-11-18)14-9-17(20)21-16-15-19(2)12-7-4-8-13-19;;/h3-16H2,1-2H3;2*1H/q+2;;/p-2. The number of hydrogen-bond acceptors (Lipinski definition) is 2. The number of likely N-dealkylation sites (tertiary alicyclic amines) is 2. The molecule has 138 valence electrons. The predicted octanol–water partition coefficient (Wildman–Crippen LogP) is -3.81. The average molecular weight is 552 g/mol. The number of ether oxygens (including phenoxy) is 1. The number of quaternary nitrogens is 2. The Morgan fingerprint density at radius 1 is 0.783 bits per heavy atom. The van der Waals surface area contributed by atoms with E-state index in [4.69, 9.17) is 4.74 Å². The first kappa shape index (κ1) is 23.9. The number of carbonyl (C=O) groups is 1. The monoisotopic (exact) mass is 552 g/mol. The fourth-order valence-electron chi connectivity index (χ4n) is 3.81. The van der Waals surface area contributed by atoms with Gasteiger partial charge in [0.15, 0.2) is 0 Å². The molecule has 0 aromatic carbocycles. The van der Waals surface area contributed by atoms with Gasteiger partial charge in [-0.1, -0.05) is 0 Å². The summed E-state index contributed by atoms with van der Waals surface area (Å²) in [5.74, 6) is 0.00327. The lowest BCUT2D eigenvalue weighted by molar-refractivity contribution is -0.914. The fraction of sp³-hybridized carbons (Fsp3) is 0.941. The Morgan fingerprint density at radius 2 is 1.22 bits per heavy atom. The third-order valence-electron chi connectivity index (χ3n) is 5.54. The first-order valence-electron chi connectivity index (χ1n) is 8.84. The van der Waals surface area contributed by atoms with Crippen LogP contribution in [0.2, 0.25) is 0 Å². The molecule has 2 fully saturated rings. The zero-order valence-electron chi connectivity index (χ0n) is 14.9. The van der Waals surface area contributed by atoms with Crippen molar-refractivity contribution < 1.29 is 66.5 Å². The van der Waals surface area contributed by atoms with Gasteiger partial charge in [-0.25, -0.2) is 0 Å². The quantitative estimate of drug-likeness (QED) is 0.192. The minimum Gasteiger partial charge on any atom is -1.00 e. The SMILES string of the molecule is C[N+]1(CCOC(=O)CC[N+]2(C)CCCCC2)CCCCC1.[I-].[I-]. The van der Waals surface area contributed by atoms with Crippen LogP contribution in [0, 0.1) is 0 Å². The van der Waals surface area contributed by atoms with Gasteiger partial charge < -0.3 is 61.7 Å². The number of carbonyl (C=O) groups excluding carboxylic acids is 1.